The summed E-state index contributed by atoms with van der Waals surface area (Å²) in [5.74, 6) is 0.296. The highest BCUT2D eigenvalue weighted by molar-refractivity contribution is 7.87. The van der Waals surface area contributed by atoms with Crippen LogP contribution in [-0.4, -0.2) is 27.0 Å². The lowest BCUT2D eigenvalue weighted by Gasteiger charge is -2.28. The van der Waals surface area contributed by atoms with Gasteiger partial charge in [-0.05, 0) is 31.6 Å². The molecule has 0 aromatic heterocycles. The van der Waals surface area contributed by atoms with Gasteiger partial charge in [0.05, 0.1) is 0 Å². The van der Waals surface area contributed by atoms with Gasteiger partial charge in [0.1, 0.15) is 0 Å². The molecule has 2 atom stereocenters. The maximum absolute atomic E-state index is 11.6. The minimum Gasteiger partial charge on any atom is -0.327 e. The Bertz CT molecular complexity index is 327. The van der Waals surface area contributed by atoms with E-state index in [0.717, 1.165) is 32.1 Å². The molecule has 2 rings (SSSR count). The molecule has 0 radical (unpaired) electrons. The van der Waals surface area contributed by atoms with E-state index in [2.05, 4.69) is 9.44 Å². The molecule has 2 fully saturated rings. The summed E-state index contributed by atoms with van der Waals surface area (Å²) in [5, 5.41) is 0. The summed E-state index contributed by atoms with van der Waals surface area (Å²) < 4.78 is 28.4. The Hall–Kier alpha value is -0.170. The standard InChI is InChI=1S/C10H21N3O2S/c11-10-4-2-1-3-8(10)7-12-16(14,15)13-9-5-6-9/h8-10,12-13H,1-7,11H2. The van der Waals surface area contributed by atoms with E-state index in [-0.39, 0.29) is 12.1 Å². The molecule has 0 aliphatic heterocycles. The second-order valence-corrected chi connectivity index (χ2v) is 6.48. The Balaban J connectivity index is 1.76. The van der Waals surface area contributed by atoms with Crippen LogP contribution >= 0.6 is 0 Å². The largest absolute Gasteiger partial charge is 0.327 e. The van der Waals surface area contributed by atoms with E-state index < -0.39 is 10.2 Å². The molecule has 2 aliphatic carbocycles. The SMILES string of the molecule is NC1CCCCC1CNS(=O)(=O)NC1CC1. The van der Waals surface area contributed by atoms with Gasteiger partial charge in [-0.2, -0.15) is 13.1 Å². The second kappa shape index (κ2) is 5.00. The van der Waals surface area contributed by atoms with Crippen LogP contribution in [0.1, 0.15) is 38.5 Å². The van der Waals surface area contributed by atoms with Crippen molar-refractivity contribution < 1.29 is 8.42 Å². The second-order valence-electron chi connectivity index (χ2n) is 4.95. The van der Waals surface area contributed by atoms with Crippen LogP contribution in [0.3, 0.4) is 0 Å². The maximum Gasteiger partial charge on any atom is 0.277 e. The Morgan fingerprint density at radius 1 is 1.12 bits per heavy atom. The first-order chi connectivity index (χ1) is 7.57. The summed E-state index contributed by atoms with van der Waals surface area (Å²) in [4.78, 5) is 0. The van der Waals surface area contributed by atoms with Gasteiger partial charge < -0.3 is 5.73 Å². The van der Waals surface area contributed by atoms with Crippen molar-refractivity contribution in [2.24, 2.45) is 11.7 Å². The fourth-order valence-electron chi connectivity index (χ4n) is 2.17. The molecular formula is C10H21N3O2S. The molecule has 0 amide bonds. The molecule has 5 nitrogen and oxygen atoms in total. The summed E-state index contributed by atoms with van der Waals surface area (Å²) in [6, 6.07) is 0.315. The fourth-order valence-corrected chi connectivity index (χ4v) is 3.36. The Kier molecular flexibility index (Phi) is 3.84. The maximum atomic E-state index is 11.6. The molecule has 16 heavy (non-hydrogen) atoms. The van der Waals surface area contributed by atoms with Crippen LogP contribution < -0.4 is 15.2 Å². The third kappa shape index (κ3) is 3.69. The van der Waals surface area contributed by atoms with Crippen LogP contribution in [0.25, 0.3) is 0 Å². The minimum atomic E-state index is -3.30. The predicted octanol–water partition coefficient (Wildman–Crippen LogP) is 0.0903. The molecule has 6 heteroatoms. The van der Waals surface area contributed by atoms with Gasteiger partial charge >= 0.3 is 0 Å². The lowest BCUT2D eigenvalue weighted by molar-refractivity contribution is 0.308. The highest BCUT2D eigenvalue weighted by Crippen LogP contribution is 2.23. The molecule has 0 aromatic carbocycles. The molecule has 0 saturated heterocycles. The highest BCUT2D eigenvalue weighted by Gasteiger charge is 2.28. The quantitative estimate of drug-likeness (QED) is 0.644. The third-order valence-electron chi connectivity index (χ3n) is 3.40. The fraction of sp³-hybridized carbons (Fsp3) is 1.00. The van der Waals surface area contributed by atoms with E-state index in [4.69, 9.17) is 5.73 Å². The Morgan fingerprint density at radius 2 is 1.81 bits per heavy atom. The van der Waals surface area contributed by atoms with Gasteiger partial charge in [-0.3, -0.25) is 0 Å². The first kappa shape index (κ1) is 12.3. The zero-order chi connectivity index (χ0) is 11.6. The lowest BCUT2D eigenvalue weighted by atomic mass is 9.85. The van der Waals surface area contributed by atoms with Crippen LogP contribution in [0.15, 0.2) is 0 Å². The summed E-state index contributed by atoms with van der Waals surface area (Å²) >= 11 is 0. The number of nitrogens with two attached hydrogens (primary N) is 1. The monoisotopic (exact) mass is 247 g/mol. The first-order valence-electron chi connectivity index (χ1n) is 6.09. The molecule has 2 unspecified atom stereocenters. The van der Waals surface area contributed by atoms with Crippen molar-refractivity contribution in [2.45, 2.75) is 50.6 Å². The number of nitrogens with one attached hydrogen (secondary N) is 2. The Labute approximate surface area is 97.3 Å². The summed E-state index contributed by atoms with van der Waals surface area (Å²) in [6.07, 6.45) is 6.31. The van der Waals surface area contributed by atoms with Gasteiger partial charge in [-0.1, -0.05) is 12.8 Å². The van der Waals surface area contributed by atoms with Gasteiger partial charge in [0.2, 0.25) is 0 Å². The van der Waals surface area contributed by atoms with Gasteiger partial charge in [0, 0.05) is 18.6 Å². The number of hydrogen-bond donors (Lipinski definition) is 3. The normalized spacial score (nSPS) is 31.6. The molecule has 0 bridgehead atoms. The van der Waals surface area contributed by atoms with Gasteiger partial charge in [-0.25, -0.2) is 4.72 Å². The molecule has 94 valence electrons. The third-order valence-corrected chi connectivity index (χ3v) is 4.59. The van der Waals surface area contributed by atoms with Crippen molar-refractivity contribution >= 4 is 10.2 Å². The molecule has 0 heterocycles. The molecule has 4 N–H and O–H groups in total. The minimum absolute atomic E-state index is 0.150. The highest BCUT2D eigenvalue weighted by atomic mass is 32.2. The number of hydrogen-bond acceptors (Lipinski definition) is 3. The van der Waals surface area contributed by atoms with Crippen molar-refractivity contribution in [3.05, 3.63) is 0 Å². The van der Waals surface area contributed by atoms with Gasteiger partial charge in [0.25, 0.3) is 10.2 Å². The molecule has 0 aromatic rings. The predicted molar refractivity (Wildman–Crippen MR) is 63.0 cm³/mol. The average Bonchev–Trinajstić information content (AvgIpc) is 3.00. The van der Waals surface area contributed by atoms with Crippen molar-refractivity contribution in [3.63, 3.8) is 0 Å². The van der Waals surface area contributed by atoms with E-state index in [9.17, 15) is 8.42 Å². The molecule has 2 aliphatic rings. The van der Waals surface area contributed by atoms with Crippen molar-refractivity contribution in [1.82, 2.24) is 9.44 Å². The van der Waals surface area contributed by atoms with Crippen LogP contribution in [0.4, 0.5) is 0 Å². The zero-order valence-electron chi connectivity index (χ0n) is 9.48. The topological polar surface area (TPSA) is 84.2 Å². The van der Waals surface area contributed by atoms with Crippen molar-refractivity contribution in [1.29, 1.82) is 0 Å². The number of rotatable bonds is 5. The van der Waals surface area contributed by atoms with E-state index in [1.54, 1.807) is 0 Å². The molecular weight excluding hydrogens is 226 g/mol. The first-order valence-corrected chi connectivity index (χ1v) is 7.57. The van der Waals surface area contributed by atoms with Crippen LogP contribution in [0.5, 0.6) is 0 Å². The van der Waals surface area contributed by atoms with E-state index >= 15 is 0 Å². The van der Waals surface area contributed by atoms with Crippen molar-refractivity contribution in [2.75, 3.05) is 6.54 Å². The summed E-state index contributed by atoms with van der Waals surface area (Å²) in [5.41, 5.74) is 5.97. The smallest absolute Gasteiger partial charge is 0.277 e. The molecule has 2 saturated carbocycles. The van der Waals surface area contributed by atoms with E-state index in [0.29, 0.717) is 12.5 Å². The van der Waals surface area contributed by atoms with E-state index in [1.807, 2.05) is 0 Å². The average molecular weight is 247 g/mol. The van der Waals surface area contributed by atoms with Crippen LogP contribution in [-0.2, 0) is 10.2 Å². The summed E-state index contributed by atoms with van der Waals surface area (Å²) in [7, 11) is -3.30. The summed E-state index contributed by atoms with van der Waals surface area (Å²) in [6.45, 7) is 0.475. The Morgan fingerprint density at radius 3 is 2.44 bits per heavy atom. The van der Waals surface area contributed by atoms with E-state index in [1.165, 1.54) is 6.42 Å². The molecule has 0 spiro atoms. The lowest BCUT2D eigenvalue weighted by Crippen LogP contribution is -2.45. The zero-order valence-corrected chi connectivity index (χ0v) is 10.3. The van der Waals surface area contributed by atoms with Crippen LogP contribution in [0, 0.1) is 5.92 Å². The van der Waals surface area contributed by atoms with Crippen molar-refractivity contribution in [3.8, 4) is 0 Å². The van der Waals surface area contributed by atoms with Crippen LogP contribution in [0.2, 0.25) is 0 Å². The van der Waals surface area contributed by atoms with Gasteiger partial charge in [0.15, 0.2) is 0 Å². The van der Waals surface area contributed by atoms with Gasteiger partial charge in [-0.15, -0.1) is 0 Å².